The van der Waals surface area contributed by atoms with Crippen LogP contribution < -0.4 is 10.6 Å². The summed E-state index contributed by atoms with van der Waals surface area (Å²) in [5.41, 5.74) is 0.975. The summed E-state index contributed by atoms with van der Waals surface area (Å²) in [7, 11) is 0. The van der Waals surface area contributed by atoms with Crippen molar-refractivity contribution in [3.05, 3.63) is 34.9 Å². The maximum absolute atomic E-state index is 12.7. The molecule has 1 saturated heterocycles. The Balaban J connectivity index is 0.000000345. The number of halogens is 4. The lowest BCUT2D eigenvalue weighted by atomic mass is 9.91. The van der Waals surface area contributed by atoms with Crippen molar-refractivity contribution in [1.29, 1.82) is 0 Å². The molecule has 1 saturated carbocycles. The van der Waals surface area contributed by atoms with Crippen LogP contribution in [0.1, 0.15) is 31.7 Å². The molecule has 3 N–H and O–H groups in total. The van der Waals surface area contributed by atoms with Crippen LogP contribution in [0.2, 0.25) is 5.02 Å². The van der Waals surface area contributed by atoms with Gasteiger partial charge in [0.05, 0.1) is 5.41 Å². The highest BCUT2D eigenvalue weighted by molar-refractivity contribution is 6.30. The van der Waals surface area contributed by atoms with Gasteiger partial charge in [0, 0.05) is 11.1 Å². The first-order chi connectivity index (χ1) is 13.0. The molecule has 2 aliphatic rings. The molecule has 1 aromatic rings. The molecule has 5 nitrogen and oxygen atoms in total. The highest BCUT2D eigenvalue weighted by Gasteiger charge is 2.50. The average molecular weight is 421 g/mol. The van der Waals surface area contributed by atoms with Gasteiger partial charge >= 0.3 is 12.1 Å². The Labute approximate surface area is 166 Å². The van der Waals surface area contributed by atoms with Crippen molar-refractivity contribution in [1.82, 2.24) is 10.6 Å². The van der Waals surface area contributed by atoms with Gasteiger partial charge in [0.2, 0.25) is 5.91 Å². The second-order valence-electron chi connectivity index (χ2n) is 7.44. The third kappa shape index (κ3) is 6.38. The molecule has 0 radical (unpaired) electrons. The lowest BCUT2D eigenvalue weighted by molar-refractivity contribution is -0.192. The molecule has 1 aliphatic carbocycles. The van der Waals surface area contributed by atoms with Crippen LogP contribution >= 0.6 is 11.6 Å². The number of aliphatic carboxylic acids is 1. The van der Waals surface area contributed by atoms with Crippen LogP contribution in [0, 0.1) is 11.3 Å². The van der Waals surface area contributed by atoms with Crippen molar-refractivity contribution >= 4 is 23.5 Å². The third-order valence-corrected chi connectivity index (χ3v) is 5.35. The molecule has 3 rings (SSSR count). The van der Waals surface area contributed by atoms with Gasteiger partial charge in [-0.3, -0.25) is 4.79 Å². The van der Waals surface area contributed by atoms with Crippen molar-refractivity contribution in [2.45, 2.75) is 44.8 Å². The number of amides is 1. The Kier molecular flexibility index (Phi) is 7.33. The lowest BCUT2D eigenvalue weighted by Crippen LogP contribution is -2.50. The molecule has 1 heterocycles. The fourth-order valence-electron chi connectivity index (χ4n) is 3.22. The largest absolute Gasteiger partial charge is 0.490 e. The van der Waals surface area contributed by atoms with Crippen LogP contribution in [0.4, 0.5) is 13.2 Å². The first-order valence-electron chi connectivity index (χ1n) is 9.10. The van der Waals surface area contributed by atoms with E-state index in [9.17, 15) is 18.0 Å². The standard InChI is InChI=1S/C17H23ClN2O.C2HF3O2/c1-12-11-19-8-5-15(12)20-16(21)17(6-7-17)10-13-3-2-4-14(18)9-13;3-2(4,5)1(6)7/h2-4,9,12,15,19H,5-8,10-11H2,1H3,(H,20,21);(H,6,7)/t12-,15-;/m0./s1. The summed E-state index contributed by atoms with van der Waals surface area (Å²) in [5, 5.41) is 14.5. The molecule has 0 aromatic heterocycles. The molecule has 0 spiro atoms. The van der Waals surface area contributed by atoms with E-state index >= 15 is 0 Å². The van der Waals surface area contributed by atoms with Gasteiger partial charge in [0.25, 0.3) is 0 Å². The smallest absolute Gasteiger partial charge is 0.475 e. The van der Waals surface area contributed by atoms with Crippen molar-refractivity contribution in [2.24, 2.45) is 11.3 Å². The second-order valence-corrected chi connectivity index (χ2v) is 7.88. The minimum atomic E-state index is -5.08. The van der Waals surface area contributed by atoms with E-state index in [1.807, 2.05) is 18.2 Å². The minimum absolute atomic E-state index is 0.185. The molecular formula is C19H24ClF3N2O3. The minimum Gasteiger partial charge on any atom is -0.475 e. The maximum atomic E-state index is 12.7. The van der Waals surface area contributed by atoms with Crippen LogP contribution in [-0.2, 0) is 16.0 Å². The van der Waals surface area contributed by atoms with E-state index in [1.54, 1.807) is 0 Å². The molecule has 1 amide bonds. The van der Waals surface area contributed by atoms with Gasteiger partial charge in [-0.15, -0.1) is 0 Å². The molecule has 156 valence electrons. The molecule has 2 fully saturated rings. The fraction of sp³-hybridized carbons (Fsp3) is 0.579. The van der Waals surface area contributed by atoms with E-state index in [-0.39, 0.29) is 11.3 Å². The molecule has 2 atom stereocenters. The van der Waals surface area contributed by atoms with Crippen molar-refractivity contribution in [2.75, 3.05) is 13.1 Å². The van der Waals surface area contributed by atoms with Crippen LogP contribution in [0.3, 0.4) is 0 Å². The Morgan fingerprint density at radius 3 is 2.50 bits per heavy atom. The Bertz CT molecular complexity index is 708. The zero-order chi connectivity index (χ0) is 20.9. The van der Waals surface area contributed by atoms with Crippen LogP contribution in [0.25, 0.3) is 0 Å². The summed E-state index contributed by atoms with van der Waals surface area (Å²) in [4.78, 5) is 21.6. The van der Waals surface area contributed by atoms with Gasteiger partial charge in [-0.2, -0.15) is 13.2 Å². The molecule has 0 bridgehead atoms. The van der Waals surface area contributed by atoms with E-state index in [1.165, 1.54) is 0 Å². The molecule has 0 unspecified atom stereocenters. The molecule has 1 aromatic carbocycles. The zero-order valence-corrected chi connectivity index (χ0v) is 16.2. The van der Waals surface area contributed by atoms with E-state index in [0.29, 0.717) is 12.0 Å². The third-order valence-electron chi connectivity index (χ3n) is 5.11. The summed E-state index contributed by atoms with van der Waals surface area (Å²) in [5.74, 6) is -2.02. The topological polar surface area (TPSA) is 78.4 Å². The number of nitrogens with one attached hydrogen (secondary N) is 2. The normalized spacial score (nSPS) is 23.2. The lowest BCUT2D eigenvalue weighted by Gasteiger charge is -2.31. The van der Waals surface area contributed by atoms with Gasteiger partial charge < -0.3 is 15.7 Å². The fourth-order valence-corrected chi connectivity index (χ4v) is 3.44. The average Bonchev–Trinajstić information content (AvgIpc) is 3.37. The number of carboxylic acids is 1. The summed E-state index contributed by atoms with van der Waals surface area (Å²) < 4.78 is 31.7. The number of carboxylic acid groups (broad SMARTS) is 1. The van der Waals surface area contributed by atoms with Crippen LogP contribution in [0.5, 0.6) is 0 Å². The van der Waals surface area contributed by atoms with E-state index in [0.717, 1.165) is 49.4 Å². The summed E-state index contributed by atoms with van der Waals surface area (Å²) in [6.45, 7) is 4.19. The van der Waals surface area contributed by atoms with Crippen LogP contribution in [0.15, 0.2) is 24.3 Å². The van der Waals surface area contributed by atoms with Gasteiger partial charge in [-0.25, -0.2) is 4.79 Å². The van der Waals surface area contributed by atoms with Crippen molar-refractivity contribution in [3.8, 4) is 0 Å². The molecule has 9 heteroatoms. The van der Waals surface area contributed by atoms with Gasteiger partial charge in [-0.05, 0) is 62.4 Å². The number of carbonyl (C=O) groups is 2. The first-order valence-corrected chi connectivity index (χ1v) is 9.47. The number of alkyl halides is 3. The van der Waals surface area contributed by atoms with Crippen molar-refractivity contribution < 1.29 is 27.9 Å². The molecule has 28 heavy (non-hydrogen) atoms. The Hall–Kier alpha value is -1.80. The first kappa shape index (κ1) is 22.5. The highest BCUT2D eigenvalue weighted by atomic mass is 35.5. The van der Waals surface area contributed by atoms with E-state index in [2.05, 4.69) is 23.6 Å². The number of piperidine rings is 1. The number of hydrogen-bond donors (Lipinski definition) is 3. The van der Waals surface area contributed by atoms with Crippen LogP contribution in [-0.4, -0.2) is 42.3 Å². The summed E-state index contributed by atoms with van der Waals surface area (Å²) in [6, 6.07) is 8.19. The second kappa shape index (κ2) is 9.13. The summed E-state index contributed by atoms with van der Waals surface area (Å²) >= 11 is 6.04. The van der Waals surface area contributed by atoms with Gasteiger partial charge in [0.1, 0.15) is 0 Å². The van der Waals surface area contributed by atoms with E-state index in [4.69, 9.17) is 21.5 Å². The van der Waals surface area contributed by atoms with Gasteiger partial charge in [0.15, 0.2) is 0 Å². The number of carbonyl (C=O) groups excluding carboxylic acids is 1. The zero-order valence-electron chi connectivity index (χ0n) is 15.5. The Morgan fingerprint density at radius 2 is 2.00 bits per heavy atom. The molecular weight excluding hydrogens is 397 g/mol. The number of rotatable bonds is 4. The monoisotopic (exact) mass is 420 g/mol. The predicted octanol–water partition coefficient (Wildman–Crippen LogP) is 3.41. The predicted molar refractivity (Wildman–Crippen MR) is 99.1 cm³/mol. The summed E-state index contributed by atoms with van der Waals surface area (Å²) in [6.07, 6.45) is -1.27. The number of benzene rings is 1. The highest BCUT2D eigenvalue weighted by Crippen LogP contribution is 2.49. The number of hydrogen-bond acceptors (Lipinski definition) is 3. The SMILES string of the molecule is C[C@H]1CNCC[C@@H]1NC(=O)C1(Cc2cccc(Cl)c2)CC1.O=C(O)C(F)(F)F. The quantitative estimate of drug-likeness (QED) is 0.697. The van der Waals surface area contributed by atoms with Gasteiger partial charge in [-0.1, -0.05) is 30.7 Å². The Morgan fingerprint density at radius 1 is 1.36 bits per heavy atom. The maximum Gasteiger partial charge on any atom is 0.490 e. The van der Waals surface area contributed by atoms with Crippen molar-refractivity contribution in [3.63, 3.8) is 0 Å². The molecule has 1 aliphatic heterocycles. The van der Waals surface area contributed by atoms with E-state index < -0.39 is 12.1 Å².